The van der Waals surface area contributed by atoms with Crippen molar-refractivity contribution in [2.75, 3.05) is 5.73 Å². The molecule has 0 aliphatic heterocycles. The number of aromatic nitrogens is 1. The molecule has 1 aromatic rings. The topological polar surface area (TPSA) is 52.0 Å². The first-order chi connectivity index (χ1) is 6.70. The van der Waals surface area contributed by atoms with Crippen LogP contribution in [-0.4, -0.2) is 5.16 Å². The standard InChI is InChI=1S/C11H20N2O/c1-4-6-8(3)10-9(7-5-2)11(12)13-14-10/h8H,4-7H2,1-3H3,(H2,12,13). The fraction of sp³-hybridized carbons (Fsp3) is 0.727. The van der Waals surface area contributed by atoms with E-state index in [-0.39, 0.29) is 0 Å². The van der Waals surface area contributed by atoms with E-state index in [2.05, 4.69) is 25.9 Å². The molecule has 2 N–H and O–H groups in total. The number of rotatable bonds is 5. The highest BCUT2D eigenvalue weighted by molar-refractivity contribution is 5.41. The molecule has 0 fully saturated rings. The monoisotopic (exact) mass is 196 g/mol. The third-order valence-electron chi connectivity index (χ3n) is 2.52. The minimum absolute atomic E-state index is 0.436. The van der Waals surface area contributed by atoms with Gasteiger partial charge in [-0.15, -0.1) is 0 Å². The van der Waals surface area contributed by atoms with E-state index in [0.717, 1.165) is 37.0 Å². The summed E-state index contributed by atoms with van der Waals surface area (Å²) in [6, 6.07) is 0. The molecule has 0 aliphatic rings. The van der Waals surface area contributed by atoms with Crippen molar-refractivity contribution in [2.45, 2.75) is 52.4 Å². The Hall–Kier alpha value is -0.990. The molecule has 0 bridgehead atoms. The van der Waals surface area contributed by atoms with E-state index in [1.54, 1.807) is 0 Å². The van der Waals surface area contributed by atoms with Gasteiger partial charge in [-0.25, -0.2) is 0 Å². The number of nitrogen functional groups attached to an aromatic ring is 1. The molecule has 0 aliphatic carbocycles. The number of nitrogens with two attached hydrogens (primary N) is 1. The molecule has 1 aromatic heterocycles. The molecule has 1 rings (SSSR count). The van der Waals surface area contributed by atoms with Crippen LogP contribution in [0.5, 0.6) is 0 Å². The Morgan fingerprint density at radius 1 is 1.36 bits per heavy atom. The average Bonchev–Trinajstić information content (AvgIpc) is 2.50. The van der Waals surface area contributed by atoms with Gasteiger partial charge in [-0.05, 0) is 12.8 Å². The van der Waals surface area contributed by atoms with Crippen LogP contribution in [0.25, 0.3) is 0 Å². The molecule has 80 valence electrons. The summed E-state index contributed by atoms with van der Waals surface area (Å²) < 4.78 is 5.29. The number of hydrogen-bond acceptors (Lipinski definition) is 3. The van der Waals surface area contributed by atoms with Gasteiger partial charge in [0, 0.05) is 11.5 Å². The van der Waals surface area contributed by atoms with Crippen molar-refractivity contribution in [3.8, 4) is 0 Å². The first-order valence-electron chi connectivity index (χ1n) is 5.44. The summed E-state index contributed by atoms with van der Waals surface area (Å²) >= 11 is 0. The molecule has 3 nitrogen and oxygen atoms in total. The van der Waals surface area contributed by atoms with E-state index in [0.29, 0.717) is 11.7 Å². The Bertz CT molecular complexity index is 281. The Kier molecular flexibility index (Phi) is 3.98. The van der Waals surface area contributed by atoms with Crippen molar-refractivity contribution in [1.82, 2.24) is 5.16 Å². The van der Waals surface area contributed by atoms with Crippen LogP contribution in [0.2, 0.25) is 0 Å². The number of nitrogens with zero attached hydrogens (tertiary/aromatic N) is 1. The van der Waals surface area contributed by atoms with Gasteiger partial charge >= 0.3 is 0 Å². The van der Waals surface area contributed by atoms with Crippen molar-refractivity contribution in [3.63, 3.8) is 0 Å². The fourth-order valence-corrected chi connectivity index (χ4v) is 1.79. The summed E-state index contributed by atoms with van der Waals surface area (Å²) in [5.41, 5.74) is 6.88. The summed E-state index contributed by atoms with van der Waals surface area (Å²) in [6.07, 6.45) is 4.34. The minimum atomic E-state index is 0.436. The van der Waals surface area contributed by atoms with Gasteiger partial charge in [-0.3, -0.25) is 0 Å². The smallest absolute Gasteiger partial charge is 0.170 e. The zero-order valence-electron chi connectivity index (χ0n) is 9.34. The lowest BCUT2D eigenvalue weighted by Crippen LogP contribution is -1.98. The molecule has 1 heterocycles. The van der Waals surface area contributed by atoms with Crippen molar-refractivity contribution in [2.24, 2.45) is 0 Å². The molecular formula is C11H20N2O. The van der Waals surface area contributed by atoms with Crippen LogP contribution in [-0.2, 0) is 6.42 Å². The molecule has 0 saturated heterocycles. The molecular weight excluding hydrogens is 176 g/mol. The molecule has 0 saturated carbocycles. The zero-order valence-corrected chi connectivity index (χ0v) is 9.34. The second-order valence-electron chi connectivity index (χ2n) is 3.85. The SMILES string of the molecule is CCCc1c(N)noc1C(C)CCC. The quantitative estimate of drug-likeness (QED) is 0.787. The summed E-state index contributed by atoms with van der Waals surface area (Å²) in [7, 11) is 0. The normalized spacial score (nSPS) is 13.1. The molecule has 0 radical (unpaired) electrons. The van der Waals surface area contributed by atoms with Crippen molar-refractivity contribution in [3.05, 3.63) is 11.3 Å². The van der Waals surface area contributed by atoms with E-state index in [1.807, 2.05) is 0 Å². The maximum Gasteiger partial charge on any atom is 0.170 e. The lowest BCUT2D eigenvalue weighted by molar-refractivity contribution is 0.359. The van der Waals surface area contributed by atoms with Crippen LogP contribution in [0.1, 0.15) is 57.3 Å². The van der Waals surface area contributed by atoms with Gasteiger partial charge in [-0.2, -0.15) is 0 Å². The Labute approximate surface area is 85.7 Å². The summed E-state index contributed by atoms with van der Waals surface area (Å²) in [6.45, 7) is 6.49. The molecule has 0 aromatic carbocycles. The highest BCUT2D eigenvalue weighted by atomic mass is 16.5. The Morgan fingerprint density at radius 3 is 2.64 bits per heavy atom. The first kappa shape index (κ1) is 11.1. The molecule has 1 atom stereocenters. The summed E-state index contributed by atoms with van der Waals surface area (Å²) in [5.74, 6) is 2.00. The van der Waals surface area contributed by atoms with Gasteiger partial charge in [-0.1, -0.05) is 38.8 Å². The molecule has 14 heavy (non-hydrogen) atoms. The lowest BCUT2D eigenvalue weighted by atomic mass is 9.97. The van der Waals surface area contributed by atoms with Crippen LogP contribution in [0, 0.1) is 0 Å². The second kappa shape index (κ2) is 5.03. The second-order valence-corrected chi connectivity index (χ2v) is 3.85. The van der Waals surface area contributed by atoms with Gasteiger partial charge in [0.25, 0.3) is 0 Å². The summed E-state index contributed by atoms with van der Waals surface area (Å²) in [4.78, 5) is 0. The third kappa shape index (κ3) is 2.28. The van der Waals surface area contributed by atoms with Crippen molar-refractivity contribution < 1.29 is 4.52 Å². The van der Waals surface area contributed by atoms with Crippen LogP contribution in [0.15, 0.2) is 4.52 Å². The van der Waals surface area contributed by atoms with Crippen molar-refractivity contribution in [1.29, 1.82) is 0 Å². The molecule has 0 spiro atoms. The van der Waals surface area contributed by atoms with Crippen LogP contribution in [0.3, 0.4) is 0 Å². The third-order valence-corrected chi connectivity index (χ3v) is 2.52. The predicted octanol–water partition coefficient (Wildman–Crippen LogP) is 3.11. The minimum Gasteiger partial charge on any atom is -0.381 e. The molecule has 1 unspecified atom stereocenters. The zero-order chi connectivity index (χ0) is 10.6. The van der Waals surface area contributed by atoms with Crippen LogP contribution in [0.4, 0.5) is 5.82 Å². The highest BCUT2D eigenvalue weighted by Crippen LogP contribution is 2.28. The van der Waals surface area contributed by atoms with Gasteiger partial charge in [0.1, 0.15) is 5.76 Å². The van der Waals surface area contributed by atoms with Crippen LogP contribution >= 0.6 is 0 Å². The maximum absolute atomic E-state index is 5.76. The van der Waals surface area contributed by atoms with Gasteiger partial charge in [0.15, 0.2) is 5.82 Å². The van der Waals surface area contributed by atoms with E-state index in [4.69, 9.17) is 10.3 Å². The fourth-order valence-electron chi connectivity index (χ4n) is 1.79. The Balaban J connectivity index is 2.84. The molecule has 3 heteroatoms. The van der Waals surface area contributed by atoms with E-state index < -0.39 is 0 Å². The van der Waals surface area contributed by atoms with E-state index >= 15 is 0 Å². The lowest BCUT2D eigenvalue weighted by Gasteiger charge is -2.07. The predicted molar refractivity (Wildman–Crippen MR) is 58.2 cm³/mol. The Morgan fingerprint density at radius 2 is 2.07 bits per heavy atom. The highest BCUT2D eigenvalue weighted by Gasteiger charge is 2.17. The van der Waals surface area contributed by atoms with E-state index in [1.165, 1.54) is 0 Å². The summed E-state index contributed by atoms with van der Waals surface area (Å²) in [5, 5.41) is 3.84. The number of anilines is 1. The van der Waals surface area contributed by atoms with Crippen molar-refractivity contribution >= 4 is 5.82 Å². The van der Waals surface area contributed by atoms with Crippen LogP contribution < -0.4 is 5.73 Å². The van der Waals surface area contributed by atoms with Gasteiger partial charge in [0.2, 0.25) is 0 Å². The van der Waals surface area contributed by atoms with Gasteiger partial charge < -0.3 is 10.3 Å². The molecule has 0 amide bonds. The maximum atomic E-state index is 5.76. The van der Waals surface area contributed by atoms with Gasteiger partial charge in [0.05, 0.1) is 0 Å². The largest absolute Gasteiger partial charge is 0.381 e. The van der Waals surface area contributed by atoms with E-state index in [9.17, 15) is 0 Å². The number of hydrogen-bond donors (Lipinski definition) is 1. The first-order valence-corrected chi connectivity index (χ1v) is 5.44. The average molecular weight is 196 g/mol.